The summed E-state index contributed by atoms with van der Waals surface area (Å²) in [6.07, 6.45) is 7.49. The smallest absolute Gasteiger partial charge is 0.0896 e. The fourth-order valence-corrected chi connectivity index (χ4v) is 3.13. The summed E-state index contributed by atoms with van der Waals surface area (Å²) in [6.45, 7) is 1.98. The minimum absolute atomic E-state index is 0.408. The van der Waals surface area contributed by atoms with Crippen molar-refractivity contribution in [2.24, 2.45) is 5.92 Å². The summed E-state index contributed by atoms with van der Waals surface area (Å²) in [5.41, 5.74) is 0.373. The summed E-state index contributed by atoms with van der Waals surface area (Å²) >= 11 is 3.44. The van der Waals surface area contributed by atoms with Crippen LogP contribution in [0.4, 0.5) is 0 Å². The lowest BCUT2D eigenvalue weighted by atomic mass is 9.78. The van der Waals surface area contributed by atoms with Crippen molar-refractivity contribution in [3.8, 4) is 0 Å². The third-order valence-electron chi connectivity index (χ3n) is 4.08. The zero-order valence-electron chi connectivity index (χ0n) is 10.5. The van der Waals surface area contributed by atoms with Gasteiger partial charge < -0.3 is 5.11 Å². The molecule has 1 nitrogen and oxygen atoms in total. The Morgan fingerprint density at radius 1 is 1.06 bits per heavy atom. The number of aliphatic hydroxyl groups is 1. The van der Waals surface area contributed by atoms with E-state index in [1.807, 2.05) is 31.2 Å². The number of hydrogen-bond acceptors (Lipinski definition) is 1. The summed E-state index contributed by atoms with van der Waals surface area (Å²) in [5.74, 6) is 0.408. The number of hydrogen-bond donors (Lipinski definition) is 1. The van der Waals surface area contributed by atoms with Gasteiger partial charge in [-0.1, -0.05) is 53.7 Å². The molecule has 2 heteroatoms. The van der Waals surface area contributed by atoms with Crippen LogP contribution in [0.3, 0.4) is 0 Å². The largest absolute Gasteiger partial charge is 0.385 e. The molecule has 1 atom stereocenters. The molecule has 0 saturated heterocycles. The lowest BCUT2D eigenvalue weighted by molar-refractivity contribution is -0.0126. The maximum atomic E-state index is 10.8. The van der Waals surface area contributed by atoms with E-state index in [4.69, 9.17) is 0 Å². The lowest BCUT2D eigenvalue weighted by Gasteiger charge is -2.33. The molecule has 0 aliphatic heterocycles. The van der Waals surface area contributed by atoms with Gasteiger partial charge >= 0.3 is 0 Å². The highest BCUT2D eigenvalue weighted by molar-refractivity contribution is 9.10. The molecular formula is C15H21BrO. The van der Waals surface area contributed by atoms with Gasteiger partial charge in [-0.3, -0.25) is 0 Å². The average molecular weight is 297 g/mol. The number of halogens is 1. The van der Waals surface area contributed by atoms with Gasteiger partial charge in [-0.2, -0.15) is 0 Å². The van der Waals surface area contributed by atoms with Gasteiger partial charge in [0.25, 0.3) is 0 Å². The first-order chi connectivity index (χ1) is 8.10. The van der Waals surface area contributed by atoms with Crippen molar-refractivity contribution < 1.29 is 5.11 Å². The predicted octanol–water partition coefficient (Wildman–Crippen LogP) is 4.63. The third-order valence-corrected chi connectivity index (χ3v) is 4.61. The van der Waals surface area contributed by atoms with Crippen LogP contribution in [0.2, 0.25) is 0 Å². The Bertz CT molecular complexity index is 348. The highest BCUT2D eigenvalue weighted by Gasteiger charge is 2.33. The molecule has 0 bridgehead atoms. The standard InChI is InChI=1S/C15H21BrO/c1-15(17,12-6-4-2-3-5-7-12)13-8-10-14(16)11-9-13/h8-12,17H,2-7H2,1H3. The molecule has 0 spiro atoms. The Morgan fingerprint density at radius 3 is 2.12 bits per heavy atom. The van der Waals surface area contributed by atoms with Crippen molar-refractivity contribution in [1.29, 1.82) is 0 Å². The molecular weight excluding hydrogens is 276 g/mol. The second-order valence-corrected chi connectivity index (χ2v) is 6.26. The Kier molecular flexibility index (Phi) is 4.26. The second-order valence-electron chi connectivity index (χ2n) is 5.34. The van der Waals surface area contributed by atoms with E-state index in [1.54, 1.807) is 0 Å². The fraction of sp³-hybridized carbons (Fsp3) is 0.600. The SMILES string of the molecule is CC(O)(c1ccc(Br)cc1)C1CCCCCC1. The van der Waals surface area contributed by atoms with Crippen LogP contribution in [0.25, 0.3) is 0 Å². The van der Waals surface area contributed by atoms with E-state index in [0.717, 1.165) is 22.9 Å². The Labute approximate surface area is 112 Å². The molecule has 1 aliphatic carbocycles. The van der Waals surface area contributed by atoms with Crippen LogP contribution < -0.4 is 0 Å². The molecule has 1 N–H and O–H groups in total. The normalized spacial score (nSPS) is 21.8. The zero-order valence-corrected chi connectivity index (χ0v) is 12.0. The third kappa shape index (κ3) is 3.11. The van der Waals surface area contributed by atoms with E-state index in [9.17, 15) is 5.11 Å². The Hall–Kier alpha value is -0.340. The van der Waals surface area contributed by atoms with Crippen LogP contribution in [0.1, 0.15) is 51.0 Å². The summed E-state index contributed by atoms with van der Waals surface area (Å²) < 4.78 is 1.07. The molecule has 0 heterocycles. The molecule has 0 aromatic heterocycles. The molecule has 1 fully saturated rings. The number of rotatable bonds is 2. The van der Waals surface area contributed by atoms with E-state index in [1.165, 1.54) is 25.7 Å². The molecule has 1 aromatic rings. The van der Waals surface area contributed by atoms with Crippen LogP contribution in [-0.4, -0.2) is 5.11 Å². The zero-order chi connectivity index (χ0) is 12.3. The first-order valence-electron chi connectivity index (χ1n) is 6.59. The molecule has 1 saturated carbocycles. The maximum Gasteiger partial charge on any atom is 0.0896 e. The van der Waals surface area contributed by atoms with E-state index in [0.29, 0.717) is 5.92 Å². The van der Waals surface area contributed by atoms with Gasteiger partial charge in [-0.05, 0) is 43.4 Å². The van der Waals surface area contributed by atoms with Gasteiger partial charge in [-0.25, -0.2) is 0 Å². The first-order valence-corrected chi connectivity index (χ1v) is 7.38. The van der Waals surface area contributed by atoms with E-state index in [-0.39, 0.29) is 0 Å². The summed E-state index contributed by atoms with van der Waals surface area (Å²) in [4.78, 5) is 0. The molecule has 17 heavy (non-hydrogen) atoms. The summed E-state index contributed by atoms with van der Waals surface area (Å²) in [7, 11) is 0. The first kappa shape index (κ1) is 13.1. The molecule has 94 valence electrons. The van der Waals surface area contributed by atoms with Crippen molar-refractivity contribution in [3.05, 3.63) is 34.3 Å². The van der Waals surface area contributed by atoms with Crippen molar-refractivity contribution in [1.82, 2.24) is 0 Å². The molecule has 0 amide bonds. The summed E-state index contributed by atoms with van der Waals surface area (Å²) in [5, 5.41) is 10.8. The van der Waals surface area contributed by atoms with Gasteiger partial charge in [0.1, 0.15) is 0 Å². The van der Waals surface area contributed by atoms with Gasteiger partial charge in [0.05, 0.1) is 5.60 Å². The quantitative estimate of drug-likeness (QED) is 0.789. The highest BCUT2D eigenvalue weighted by atomic mass is 79.9. The lowest BCUT2D eigenvalue weighted by Crippen LogP contribution is -2.31. The van der Waals surface area contributed by atoms with E-state index < -0.39 is 5.60 Å². The predicted molar refractivity (Wildman–Crippen MR) is 74.9 cm³/mol. The Balaban J connectivity index is 2.18. The maximum absolute atomic E-state index is 10.8. The van der Waals surface area contributed by atoms with Crippen LogP contribution in [0, 0.1) is 5.92 Å². The average Bonchev–Trinajstić information content (AvgIpc) is 2.58. The van der Waals surface area contributed by atoms with Crippen LogP contribution in [0.5, 0.6) is 0 Å². The molecule has 1 aromatic carbocycles. The van der Waals surface area contributed by atoms with Crippen LogP contribution in [0.15, 0.2) is 28.7 Å². The van der Waals surface area contributed by atoms with Crippen molar-refractivity contribution in [2.45, 2.75) is 51.0 Å². The molecule has 0 radical (unpaired) electrons. The van der Waals surface area contributed by atoms with Crippen LogP contribution in [-0.2, 0) is 5.60 Å². The molecule has 1 aliphatic rings. The molecule has 2 rings (SSSR count). The minimum atomic E-state index is -0.676. The highest BCUT2D eigenvalue weighted by Crippen LogP contribution is 2.38. The second kappa shape index (κ2) is 5.53. The van der Waals surface area contributed by atoms with Crippen molar-refractivity contribution in [2.75, 3.05) is 0 Å². The fourth-order valence-electron chi connectivity index (χ4n) is 2.86. The van der Waals surface area contributed by atoms with Gasteiger partial charge in [-0.15, -0.1) is 0 Å². The van der Waals surface area contributed by atoms with Gasteiger partial charge in [0.2, 0.25) is 0 Å². The van der Waals surface area contributed by atoms with E-state index >= 15 is 0 Å². The van der Waals surface area contributed by atoms with Crippen LogP contribution >= 0.6 is 15.9 Å². The monoisotopic (exact) mass is 296 g/mol. The minimum Gasteiger partial charge on any atom is -0.385 e. The summed E-state index contributed by atoms with van der Waals surface area (Å²) in [6, 6.07) is 8.10. The number of benzene rings is 1. The molecule has 1 unspecified atom stereocenters. The Morgan fingerprint density at radius 2 is 1.59 bits per heavy atom. The topological polar surface area (TPSA) is 20.2 Å². The van der Waals surface area contributed by atoms with Crippen molar-refractivity contribution >= 4 is 15.9 Å². The van der Waals surface area contributed by atoms with Crippen molar-refractivity contribution in [3.63, 3.8) is 0 Å². The van der Waals surface area contributed by atoms with E-state index in [2.05, 4.69) is 15.9 Å². The van der Waals surface area contributed by atoms with Gasteiger partial charge in [0.15, 0.2) is 0 Å². The van der Waals surface area contributed by atoms with Gasteiger partial charge in [0, 0.05) is 4.47 Å².